The molecule has 0 spiro atoms. The van der Waals surface area contributed by atoms with Gasteiger partial charge in [-0.05, 0) is 12.8 Å². The Kier molecular flexibility index (Phi) is 8.54. The molecule has 0 saturated heterocycles. The molecule has 0 aliphatic carbocycles. The first kappa shape index (κ1) is 11.2. The van der Waals surface area contributed by atoms with E-state index >= 15 is 0 Å². The molecule has 0 bridgehead atoms. The fraction of sp³-hybridized carbons (Fsp3) is 0.875. The van der Waals surface area contributed by atoms with Crippen molar-refractivity contribution in [3.63, 3.8) is 0 Å². The molecule has 0 aromatic carbocycles. The molecule has 0 rings (SSSR count). The molecule has 0 saturated carbocycles. The number of carbonyl (C=O) groups is 1. The van der Waals surface area contributed by atoms with Gasteiger partial charge < -0.3 is 4.79 Å². The molecule has 0 aromatic rings. The summed E-state index contributed by atoms with van der Waals surface area (Å²) in [6, 6.07) is 0. The summed E-state index contributed by atoms with van der Waals surface area (Å²) in [4.78, 5) is 10.1. The SMILES string of the molecule is O=CC(Cl)CCCCCCCl. The first-order chi connectivity index (χ1) is 5.31. The zero-order chi connectivity index (χ0) is 8.53. The fourth-order valence-corrected chi connectivity index (χ4v) is 1.20. The van der Waals surface area contributed by atoms with Crippen LogP contribution in [0.3, 0.4) is 0 Å². The molecule has 11 heavy (non-hydrogen) atoms. The molecule has 0 aliphatic rings. The lowest BCUT2D eigenvalue weighted by Crippen LogP contribution is -1.98. The van der Waals surface area contributed by atoms with E-state index in [0.717, 1.165) is 44.3 Å². The van der Waals surface area contributed by atoms with E-state index in [2.05, 4.69) is 0 Å². The Balaban J connectivity index is 2.95. The molecule has 1 atom stereocenters. The van der Waals surface area contributed by atoms with Crippen LogP contribution in [0.15, 0.2) is 0 Å². The van der Waals surface area contributed by atoms with E-state index in [4.69, 9.17) is 23.2 Å². The smallest absolute Gasteiger partial charge is 0.137 e. The van der Waals surface area contributed by atoms with E-state index in [-0.39, 0.29) is 5.38 Å². The average Bonchev–Trinajstić information content (AvgIpc) is 2.04. The highest BCUT2D eigenvalue weighted by atomic mass is 35.5. The maximum Gasteiger partial charge on any atom is 0.137 e. The minimum atomic E-state index is -0.286. The van der Waals surface area contributed by atoms with Gasteiger partial charge in [0, 0.05) is 5.88 Å². The first-order valence-electron chi connectivity index (χ1n) is 3.96. The van der Waals surface area contributed by atoms with Crippen LogP contribution in [0.2, 0.25) is 0 Å². The number of alkyl halides is 2. The summed E-state index contributed by atoms with van der Waals surface area (Å²) in [5.41, 5.74) is 0. The van der Waals surface area contributed by atoms with Gasteiger partial charge in [0.2, 0.25) is 0 Å². The lowest BCUT2D eigenvalue weighted by Gasteiger charge is -2.00. The number of unbranched alkanes of at least 4 members (excludes halogenated alkanes) is 3. The van der Waals surface area contributed by atoms with Gasteiger partial charge >= 0.3 is 0 Å². The molecule has 0 radical (unpaired) electrons. The van der Waals surface area contributed by atoms with Crippen LogP contribution in [-0.4, -0.2) is 17.5 Å². The quantitative estimate of drug-likeness (QED) is 0.348. The van der Waals surface area contributed by atoms with Crippen LogP contribution in [-0.2, 0) is 4.79 Å². The molecule has 0 N–H and O–H groups in total. The normalized spacial score (nSPS) is 12.9. The Bertz CT molecular complexity index is 96.1. The topological polar surface area (TPSA) is 17.1 Å². The zero-order valence-corrected chi connectivity index (χ0v) is 8.07. The predicted octanol–water partition coefficient (Wildman–Crippen LogP) is 2.98. The summed E-state index contributed by atoms with van der Waals surface area (Å²) in [7, 11) is 0. The van der Waals surface area contributed by atoms with E-state index in [0.29, 0.717) is 0 Å². The molecule has 1 unspecified atom stereocenters. The number of aldehydes is 1. The summed E-state index contributed by atoms with van der Waals surface area (Å²) in [5, 5.41) is -0.286. The third-order valence-electron chi connectivity index (χ3n) is 1.51. The summed E-state index contributed by atoms with van der Waals surface area (Å²) < 4.78 is 0. The largest absolute Gasteiger partial charge is 0.302 e. The lowest BCUT2D eigenvalue weighted by atomic mass is 10.1. The van der Waals surface area contributed by atoms with Crippen molar-refractivity contribution in [2.75, 3.05) is 5.88 Å². The molecular formula is C8H14Cl2O. The summed E-state index contributed by atoms with van der Waals surface area (Å²) in [6.45, 7) is 0. The van der Waals surface area contributed by atoms with Crippen LogP contribution < -0.4 is 0 Å². The Morgan fingerprint density at radius 3 is 2.36 bits per heavy atom. The van der Waals surface area contributed by atoms with E-state index in [9.17, 15) is 4.79 Å². The van der Waals surface area contributed by atoms with Gasteiger partial charge in [-0.15, -0.1) is 23.2 Å². The van der Waals surface area contributed by atoms with Crippen molar-refractivity contribution in [1.29, 1.82) is 0 Å². The Labute approximate surface area is 78.1 Å². The number of hydrogen-bond donors (Lipinski definition) is 0. The molecule has 0 heterocycles. The second-order valence-corrected chi connectivity index (χ2v) is 3.48. The van der Waals surface area contributed by atoms with Crippen molar-refractivity contribution in [1.82, 2.24) is 0 Å². The maximum atomic E-state index is 10.1. The first-order valence-corrected chi connectivity index (χ1v) is 4.93. The third-order valence-corrected chi connectivity index (χ3v) is 2.10. The maximum absolute atomic E-state index is 10.1. The van der Waals surface area contributed by atoms with E-state index in [1.165, 1.54) is 0 Å². The second kappa shape index (κ2) is 8.35. The van der Waals surface area contributed by atoms with Crippen molar-refractivity contribution >= 4 is 29.5 Å². The zero-order valence-electron chi connectivity index (χ0n) is 6.56. The molecule has 1 nitrogen and oxygen atoms in total. The van der Waals surface area contributed by atoms with Gasteiger partial charge in [0.25, 0.3) is 0 Å². The molecule has 0 aliphatic heterocycles. The van der Waals surface area contributed by atoms with E-state index in [1.807, 2.05) is 0 Å². The van der Waals surface area contributed by atoms with Crippen molar-refractivity contribution < 1.29 is 4.79 Å². The fourth-order valence-electron chi connectivity index (χ4n) is 0.855. The van der Waals surface area contributed by atoms with Crippen LogP contribution >= 0.6 is 23.2 Å². The average molecular weight is 197 g/mol. The van der Waals surface area contributed by atoms with Gasteiger partial charge in [-0.25, -0.2) is 0 Å². The van der Waals surface area contributed by atoms with Gasteiger partial charge in [0.1, 0.15) is 6.29 Å². The van der Waals surface area contributed by atoms with Crippen LogP contribution in [0.25, 0.3) is 0 Å². The standard InChI is InChI=1S/C8H14Cl2O/c9-6-4-2-1-3-5-8(10)7-11/h7-8H,1-6H2. The number of rotatable bonds is 7. The Morgan fingerprint density at radius 1 is 1.18 bits per heavy atom. The van der Waals surface area contributed by atoms with Gasteiger partial charge in [0.15, 0.2) is 0 Å². The minimum Gasteiger partial charge on any atom is -0.302 e. The highest BCUT2D eigenvalue weighted by Crippen LogP contribution is 2.08. The van der Waals surface area contributed by atoms with Crippen molar-refractivity contribution in [2.24, 2.45) is 0 Å². The Morgan fingerprint density at radius 2 is 1.82 bits per heavy atom. The van der Waals surface area contributed by atoms with Crippen molar-refractivity contribution in [3.8, 4) is 0 Å². The number of carbonyl (C=O) groups excluding carboxylic acids is 1. The molecule has 0 aromatic heterocycles. The molecule has 0 amide bonds. The van der Waals surface area contributed by atoms with Crippen LogP contribution in [0.1, 0.15) is 32.1 Å². The monoisotopic (exact) mass is 196 g/mol. The second-order valence-electron chi connectivity index (χ2n) is 2.54. The van der Waals surface area contributed by atoms with E-state index < -0.39 is 0 Å². The summed E-state index contributed by atoms with van der Waals surface area (Å²) in [6.07, 6.45) is 5.96. The molecular weight excluding hydrogens is 183 g/mol. The third kappa shape index (κ3) is 8.15. The van der Waals surface area contributed by atoms with Gasteiger partial charge in [-0.3, -0.25) is 0 Å². The number of halogens is 2. The van der Waals surface area contributed by atoms with Gasteiger partial charge in [-0.2, -0.15) is 0 Å². The summed E-state index contributed by atoms with van der Waals surface area (Å²) in [5.74, 6) is 0.734. The predicted molar refractivity (Wildman–Crippen MR) is 49.5 cm³/mol. The van der Waals surface area contributed by atoms with Crippen LogP contribution in [0, 0.1) is 0 Å². The molecule has 0 fully saturated rings. The molecule has 66 valence electrons. The summed E-state index contributed by atoms with van der Waals surface area (Å²) >= 11 is 11.1. The lowest BCUT2D eigenvalue weighted by molar-refractivity contribution is -0.107. The number of hydrogen-bond acceptors (Lipinski definition) is 1. The van der Waals surface area contributed by atoms with Gasteiger partial charge in [0.05, 0.1) is 5.38 Å². The Hall–Kier alpha value is 0.250. The van der Waals surface area contributed by atoms with E-state index in [1.54, 1.807) is 0 Å². The highest BCUT2D eigenvalue weighted by Gasteiger charge is 2.00. The van der Waals surface area contributed by atoms with Crippen LogP contribution in [0.5, 0.6) is 0 Å². The van der Waals surface area contributed by atoms with Crippen molar-refractivity contribution in [2.45, 2.75) is 37.5 Å². The van der Waals surface area contributed by atoms with Crippen LogP contribution in [0.4, 0.5) is 0 Å². The van der Waals surface area contributed by atoms with Gasteiger partial charge in [-0.1, -0.05) is 19.3 Å². The molecule has 3 heteroatoms. The minimum absolute atomic E-state index is 0.286. The highest BCUT2D eigenvalue weighted by molar-refractivity contribution is 6.27. The van der Waals surface area contributed by atoms with Crippen molar-refractivity contribution in [3.05, 3.63) is 0 Å².